The second-order valence-electron chi connectivity index (χ2n) is 7.59. The Hall–Kier alpha value is -3.40. The molecule has 4 nitrogen and oxygen atoms in total. The monoisotopic (exact) mass is 430 g/mol. The van der Waals surface area contributed by atoms with Gasteiger partial charge in [-0.25, -0.2) is 0 Å². The number of hydrogen-bond donors (Lipinski definition) is 0. The van der Waals surface area contributed by atoms with E-state index in [0.29, 0.717) is 26.1 Å². The van der Waals surface area contributed by atoms with Gasteiger partial charge in [-0.3, -0.25) is 9.59 Å². The van der Waals surface area contributed by atoms with Crippen molar-refractivity contribution in [2.24, 2.45) is 0 Å². The number of hydrogen-bond acceptors (Lipinski definition) is 4. The number of carbonyl (C=O) groups is 2. The molecule has 32 heavy (non-hydrogen) atoms. The van der Waals surface area contributed by atoms with Crippen LogP contribution in [0.4, 0.5) is 0 Å². The molecule has 3 aromatic carbocycles. The second-order valence-corrected chi connectivity index (χ2v) is 7.59. The fraction of sp³-hybridized carbons (Fsp3) is 0.286. The largest absolute Gasteiger partial charge is 0.466 e. The van der Waals surface area contributed by atoms with Gasteiger partial charge < -0.3 is 9.47 Å². The van der Waals surface area contributed by atoms with Crippen LogP contribution >= 0.6 is 0 Å². The summed E-state index contributed by atoms with van der Waals surface area (Å²) in [4.78, 5) is 24.7. The molecule has 0 aliphatic carbocycles. The Morgan fingerprint density at radius 1 is 0.750 bits per heavy atom. The summed E-state index contributed by atoms with van der Waals surface area (Å²) >= 11 is 0. The molecular weight excluding hydrogens is 400 g/mol. The van der Waals surface area contributed by atoms with Gasteiger partial charge in [0, 0.05) is 6.42 Å². The molecule has 0 saturated heterocycles. The number of carbonyl (C=O) groups excluding carboxylic acids is 2. The lowest BCUT2D eigenvalue weighted by molar-refractivity contribution is -0.146. The fourth-order valence-corrected chi connectivity index (χ4v) is 3.84. The van der Waals surface area contributed by atoms with E-state index in [2.05, 4.69) is 36.4 Å². The number of rotatable bonds is 10. The SMILES string of the molecule is CCOC(=O)CCC(C(=O)OCC)c1ccccc1Cc1ccc(-c2ccccc2)cc1. The lowest BCUT2D eigenvalue weighted by atomic mass is 9.87. The van der Waals surface area contributed by atoms with Crippen LogP contribution in [0.15, 0.2) is 78.9 Å². The van der Waals surface area contributed by atoms with Gasteiger partial charge in [0.2, 0.25) is 0 Å². The zero-order chi connectivity index (χ0) is 22.8. The fourth-order valence-electron chi connectivity index (χ4n) is 3.84. The maximum atomic E-state index is 12.7. The zero-order valence-electron chi connectivity index (χ0n) is 18.8. The number of benzene rings is 3. The van der Waals surface area contributed by atoms with E-state index in [9.17, 15) is 9.59 Å². The molecule has 0 amide bonds. The van der Waals surface area contributed by atoms with E-state index >= 15 is 0 Å². The van der Waals surface area contributed by atoms with Crippen molar-refractivity contribution in [3.05, 3.63) is 95.6 Å². The van der Waals surface area contributed by atoms with Crippen molar-refractivity contribution in [1.82, 2.24) is 0 Å². The first-order chi connectivity index (χ1) is 15.6. The average Bonchev–Trinajstić information content (AvgIpc) is 2.82. The van der Waals surface area contributed by atoms with E-state index in [4.69, 9.17) is 9.47 Å². The van der Waals surface area contributed by atoms with Gasteiger partial charge in [0.05, 0.1) is 19.1 Å². The van der Waals surface area contributed by atoms with Crippen LogP contribution in [0.1, 0.15) is 49.3 Å². The highest BCUT2D eigenvalue weighted by Crippen LogP contribution is 2.29. The molecule has 0 aliphatic heterocycles. The summed E-state index contributed by atoms with van der Waals surface area (Å²) in [5.41, 5.74) is 5.47. The molecule has 1 atom stereocenters. The molecule has 0 radical (unpaired) electrons. The predicted octanol–water partition coefficient (Wildman–Crippen LogP) is 5.93. The van der Waals surface area contributed by atoms with Crippen molar-refractivity contribution in [1.29, 1.82) is 0 Å². The molecule has 1 unspecified atom stereocenters. The predicted molar refractivity (Wildman–Crippen MR) is 126 cm³/mol. The highest BCUT2D eigenvalue weighted by molar-refractivity contribution is 5.80. The van der Waals surface area contributed by atoms with Gasteiger partial charge in [-0.2, -0.15) is 0 Å². The molecule has 0 heterocycles. The second kappa shape index (κ2) is 11.8. The van der Waals surface area contributed by atoms with Crippen molar-refractivity contribution in [3.63, 3.8) is 0 Å². The van der Waals surface area contributed by atoms with Crippen molar-refractivity contribution in [2.75, 3.05) is 13.2 Å². The van der Waals surface area contributed by atoms with Gasteiger partial charge in [-0.15, -0.1) is 0 Å². The third kappa shape index (κ3) is 6.30. The van der Waals surface area contributed by atoms with Crippen molar-refractivity contribution in [3.8, 4) is 11.1 Å². The van der Waals surface area contributed by atoms with Gasteiger partial charge in [-0.1, -0.05) is 78.9 Å². The normalized spacial score (nSPS) is 11.6. The Bertz CT molecular complexity index is 1010. The third-order valence-electron chi connectivity index (χ3n) is 5.40. The van der Waals surface area contributed by atoms with Crippen LogP contribution in [0, 0.1) is 0 Å². The Kier molecular flexibility index (Phi) is 8.61. The molecule has 0 aromatic heterocycles. The average molecular weight is 431 g/mol. The van der Waals surface area contributed by atoms with Gasteiger partial charge in [0.1, 0.15) is 0 Å². The van der Waals surface area contributed by atoms with Gasteiger partial charge in [-0.05, 0) is 54.5 Å². The lowest BCUT2D eigenvalue weighted by Crippen LogP contribution is -2.19. The summed E-state index contributed by atoms with van der Waals surface area (Å²) in [6, 6.07) is 26.7. The molecule has 0 N–H and O–H groups in total. The van der Waals surface area contributed by atoms with Gasteiger partial charge >= 0.3 is 11.9 Å². The molecule has 3 rings (SSSR count). The Labute approximate surface area is 190 Å². The van der Waals surface area contributed by atoms with Crippen LogP contribution in [-0.4, -0.2) is 25.2 Å². The maximum Gasteiger partial charge on any atom is 0.313 e. The van der Waals surface area contributed by atoms with E-state index in [-0.39, 0.29) is 18.4 Å². The first kappa shape index (κ1) is 23.3. The summed E-state index contributed by atoms with van der Waals surface area (Å²) in [6.07, 6.45) is 1.24. The van der Waals surface area contributed by atoms with Crippen LogP contribution < -0.4 is 0 Å². The van der Waals surface area contributed by atoms with Crippen LogP contribution in [0.3, 0.4) is 0 Å². The van der Waals surface area contributed by atoms with E-state index in [1.807, 2.05) is 42.5 Å². The molecule has 4 heteroatoms. The molecule has 166 valence electrons. The number of esters is 2. The topological polar surface area (TPSA) is 52.6 Å². The molecule has 0 saturated carbocycles. The Morgan fingerprint density at radius 3 is 2.06 bits per heavy atom. The van der Waals surface area contributed by atoms with E-state index in [1.54, 1.807) is 13.8 Å². The summed E-state index contributed by atoms with van der Waals surface area (Å²) < 4.78 is 10.4. The van der Waals surface area contributed by atoms with Crippen LogP contribution in [0.5, 0.6) is 0 Å². The molecule has 0 fully saturated rings. The maximum absolute atomic E-state index is 12.7. The molecular formula is C28H30O4. The van der Waals surface area contributed by atoms with Gasteiger partial charge in [0.15, 0.2) is 0 Å². The minimum atomic E-state index is -0.501. The van der Waals surface area contributed by atoms with Crippen LogP contribution in [0.2, 0.25) is 0 Å². The molecule has 0 spiro atoms. The molecule has 3 aromatic rings. The summed E-state index contributed by atoms with van der Waals surface area (Å²) in [6.45, 7) is 4.20. The highest BCUT2D eigenvalue weighted by Gasteiger charge is 2.25. The standard InChI is InChI=1S/C28H30O4/c1-3-31-27(29)19-18-26(28(30)32-4-2)25-13-9-8-12-24(25)20-21-14-16-23(17-15-21)22-10-6-5-7-11-22/h5-17,26H,3-4,18-20H2,1-2H3. The first-order valence-electron chi connectivity index (χ1n) is 11.2. The Balaban J connectivity index is 1.82. The molecule has 0 bridgehead atoms. The van der Waals surface area contributed by atoms with Crippen LogP contribution in [0.25, 0.3) is 11.1 Å². The van der Waals surface area contributed by atoms with Crippen molar-refractivity contribution < 1.29 is 19.1 Å². The lowest BCUT2D eigenvalue weighted by Gasteiger charge is -2.19. The van der Waals surface area contributed by atoms with E-state index in [1.165, 1.54) is 11.1 Å². The quantitative estimate of drug-likeness (QED) is 0.374. The molecule has 0 aliphatic rings. The number of ether oxygens (including phenoxy) is 2. The minimum Gasteiger partial charge on any atom is -0.466 e. The summed E-state index contributed by atoms with van der Waals surface area (Å²) in [5.74, 6) is -1.10. The van der Waals surface area contributed by atoms with Gasteiger partial charge in [0.25, 0.3) is 0 Å². The summed E-state index contributed by atoms with van der Waals surface area (Å²) in [5, 5.41) is 0. The van der Waals surface area contributed by atoms with Crippen molar-refractivity contribution in [2.45, 2.75) is 39.0 Å². The minimum absolute atomic E-state index is 0.178. The zero-order valence-corrected chi connectivity index (χ0v) is 18.8. The Morgan fingerprint density at radius 2 is 1.38 bits per heavy atom. The van der Waals surface area contributed by atoms with E-state index in [0.717, 1.165) is 16.7 Å². The van der Waals surface area contributed by atoms with E-state index < -0.39 is 5.92 Å². The summed E-state index contributed by atoms with van der Waals surface area (Å²) in [7, 11) is 0. The van der Waals surface area contributed by atoms with Crippen LogP contribution in [-0.2, 0) is 25.5 Å². The highest BCUT2D eigenvalue weighted by atomic mass is 16.5. The smallest absolute Gasteiger partial charge is 0.313 e. The first-order valence-corrected chi connectivity index (χ1v) is 11.2. The van der Waals surface area contributed by atoms with Crippen molar-refractivity contribution >= 4 is 11.9 Å². The third-order valence-corrected chi connectivity index (χ3v) is 5.40.